The van der Waals surface area contributed by atoms with E-state index >= 15 is 0 Å². The van der Waals surface area contributed by atoms with Gasteiger partial charge >= 0.3 is 0 Å². The molecule has 4 aromatic carbocycles. The van der Waals surface area contributed by atoms with Crippen molar-refractivity contribution in [1.82, 2.24) is 0 Å². The lowest BCUT2D eigenvalue weighted by Crippen LogP contribution is -1.89. The summed E-state index contributed by atoms with van der Waals surface area (Å²) in [6.45, 7) is 5.24. The van der Waals surface area contributed by atoms with Gasteiger partial charge in [0.15, 0.2) is 0 Å². The van der Waals surface area contributed by atoms with Crippen molar-refractivity contribution in [2.75, 3.05) is 24.7 Å². The zero-order valence-corrected chi connectivity index (χ0v) is 20.4. The number of nitrogens with zero attached hydrogens (tertiary/aromatic N) is 4. The van der Waals surface area contributed by atoms with Crippen LogP contribution in [0.3, 0.4) is 0 Å². The number of hydrogen-bond acceptors (Lipinski definition) is 8. The summed E-state index contributed by atoms with van der Waals surface area (Å²) in [7, 11) is 0. The van der Waals surface area contributed by atoms with Crippen molar-refractivity contribution >= 4 is 34.1 Å². The van der Waals surface area contributed by atoms with Gasteiger partial charge in [-0.3, -0.25) is 0 Å². The van der Waals surface area contributed by atoms with E-state index in [0.29, 0.717) is 24.6 Å². The van der Waals surface area contributed by atoms with Crippen LogP contribution in [0, 0.1) is 0 Å². The van der Waals surface area contributed by atoms with Crippen LogP contribution < -0.4 is 20.9 Å². The van der Waals surface area contributed by atoms with Crippen LogP contribution in [0.4, 0.5) is 34.1 Å². The minimum Gasteiger partial charge on any atom is -0.494 e. The molecule has 0 fully saturated rings. The molecule has 0 saturated carbocycles. The molecule has 0 amide bonds. The van der Waals surface area contributed by atoms with Gasteiger partial charge in [0.05, 0.1) is 36.0 Å². The molecule has 0 bridgehead atoms. The number of rotatable bonds is 8. The fourth-order valence-corrected chi connectivity index (χ4v) is 2.86. The van der Waals surface area contributed by atoms with E-state index in [-0.39, 0.29) is 0 Å². The summed E-state index contributed by atoms with van der Waals surface area (Å²) in [5.74, 6) is 1.68. The molecule has 184 valence electrons. The summed E-state index contributed by atoms with van der Waals surface area (Å²) >= 11 is 0. The molecule has 36 heavy (non-hydrogen) atoms. The third-order valence-corrected chi connectivity index (χ3v) is 4.64. The molecule has 8 nitrogen and oxygen atoms in total. The molecule has 0 radical (unpaired) electrons. The van der Waals surface area contributed by atoms with E-state index < -0.39 is 0 Å². The molecule has 8 heteroatoms. The van der Waals surface area contributed by atoms with Crippen LogP contribution in [0.5, 0.6) is 11.5 Å². The smallest absolute Gasteiger partial charge is 0.119 e. The van der Waals surface area contributed by atoms with Crippen molar-refractivity contribution < 1.29 is 9.47 Å². The predicted molar refractivity (Wildman–Crippen MR) is 145 cm³/mol. The minimum absolute atomic E-state index is 0.660. The van der Waals surface area contributed by atoms with Gasteiger partial charge in [0.25, 0.3) is 0 Å². The number of benzene rings is 4. The van der Waals surface area contributed by atoms with Gasteiger partial charge in [-0.1, -0.05) is 0 Å². The molecule has 0 unspecified atom stereocenters. The maximum atomic E-state index is 5.56. The highest BCUT2D eigenvalue weighted by Gasteiger charge is 1.95. The van der Waals surface area contributed by atoms with Crippen molar-refractivity contribution in [3.63, 3.8) is 0 Å². The van der Waals surface area contributed by atoms with Crippen LogP contribution in [0.2, 0.25) is 0 Å². The molecule has 0 aliphatic carbocycles. The van der Waals surface area contributed by atoms with E-state index in [1.165, 1.54) is 0 Å². The van der Waals surface area contributed by atoms with Crippen LogP contribution in [0.1, 0.15) is 13.8 Å². The Morgan fingerprint density at radius 3 is 0.944 bits per heavy atom. The molecule has 0 atom stereocenters. The molecule has 0 heterocycles. The van der Waals surface area contributed by atoms with Gasteiger partial charge in [0, 0.05) is 11.4 Å². The molecule has 4 N–H and O–H groups in total. The maximum absolute atomic E-state index is 5.56. The molecule has 0 aliphatic heterocycles. The van der Waals surface area contributed by atoms with Crippen LogP contribution in [0.25, 0.3) is 0 Å². The summed E-state index contributed by atoms with van der Waals surface area (Å²) in [6, 6.07) is 29.5. The van der Waals surface area contributed by atoms with Crippen molar-refractivity contribution in [3.05, 3.63) is 97.1 Å². The van der Waals surface area contributed by atoms with E-state index in [2.05, 4.69) is 20.5 Å². The van der Waals surface area contributed by atoms with Crippen LogP contribution in [-0.2, 0) is 0 Å². The largest absolute Gasteiger partial charge is 0.494 e. The van der Waals surface area contributed by atoms with Gasteiger partial charge in [-0.05, 0) is 111 Å². The Morgan fingerprint density at radius 2 is 0.694 bits per heavy atom. The van der Waals surface area contributed by atoms with Crippen LogP contribution in [-0.4, -0.2) is 13.2 Å². The Labute approximate surface area is 211 Å². The normalized spacial score (nSPS) is 10.7. The molecule has 0 aliphatic rings. The molecule has 0 spiro atoms. The summed E-state index contributed by atoms with van der Waals surface area (Å²) < 4.78 is 10.7. The minimum atomic E-state index is 0.660. The second-order valence-electron chi connectivity index (χ2n) is 7.44. The highest BCUT2D eigenvalue weighted by Crippen LogP contribution is 2.23. The van der Waals surface area contributed by atoms with E-state index in [9.17, 15) is 0 Å². The SMILES string of the molecule is CCOc1ccc(/N=N/c2ccc(OCC)cc2)cc1.Nc1ccc(/N=N/c2ccc(N)cc2)cc1. The van der Waals surface area contributed by atoms with Gasteiger partial charge in [-0.25, -0.2) is 0 Å². The first-order chi connectivity index (χ1) is 17.6. The predicted octanol–water partition coefficient (Wildman–Crippen LogP) is 8.17. The number of hydrogen-bond donors (Lipinski definition) is 2. The quantitative estimate of drug-likeness (QED) is 0.194. The summed E-state index contributed by atoms with van der Waals surface area (Å²) in [5, 5.41) is 16.5. The van der Waals surface area contributed by atoms with E-state index in [1.54, 1.807) is 24.3 Å². The monoisotopic (exact) mass is 482 g/mol. The molecule has 0 saturated heterocycles. The van der Waals surface area contributed by atoms with Crippen molar-refractivity contribution in [2.24, 2.45) is 20.5 Å². The Balaban J connectivity index is 0.000000205. The Kier molecular flexibility index (Phi) is 9.97. The molecule has 4 rings (SSSR count). The lowest BCUT2D eigenvalue weighted by molar-refractivity contribution is 0.340. The third-order valence-electron chi connectivity index (χ3n) is 4.64. The summed E-state index contributed by atoms with van der Waals surface area (Å²) in [4.78, 5) is 0. The van der Waals surface area contributed by atoms with E-state index in [1.807, 2.05) is 86.6 Å². The molecular weight excluding hydrogens is 452 g/mol. The first-order valence-electron chi connectivity index (χ1n) is 11.6. The zero-order chi connectivity index (χ0) is 25.6. The lowest BCUT2D eigenvalue weighted by atomic mass is 10.3. The number of azo groups is 2. The highest BCUT2D eigenvalue weighted by molar-refractivity contribution is 5.50. The van der Waals surface area contributed by atoms with Gasteiger partial charge in [-0.2, -0.15) is 20.5 Å². The third kappa shape index (κ3) is 8.90. The Hall–Kier alpha value is -4.72. The maximum Gasteiger partial charge on any atom is 0.119 e. The standard InChI is InChI=1S/C16H18N2O2.C12H12N4/c1-3-19-15-9-5-13(6-10-15)17-18-14-7-11-16(12-8-14)20-4-2;13-9-1-5-11(6-2-9)15-16-12-7-3-10(14)4-8-12/h5-12H,3-4H2,1-2H3;1-8H,13-14H2/b18-17+;16-15+. The van der Waals surface area contributed by atoms with Crippen molar-refractivity contribution in [2.45, 2.75) is 13.8 Å². The second-order valence-corrected chi connectivity index (χ2v) is 7.44. The van der Waals surface area contributed by atoms with E-state index in [4.69, 9.17) is 20.9 Å². The van der Waals surface area contributed by atoms with Gasteiger partial charge in [-0.15, -0.1) is 0 Å². The van der Waals surface area contributed by atoms with Crippen LogP contribution >= 0.6 is 0 Å². The Bertz CT molecular complexity index is 1140. The number of ether oxygens (including phenoxy) is 2. The van der Waals surface area contributed by atoms with Crippen molar-refractivity contribution in [1.29, 1.82) is 0 Å². The number of nitrogens with two attached hydrogens (primary N) is 2. The van der Waals surface area contributed by atoms with Gasteiger partial charge < -0.3 is 20.9 Å². The summed E-state index contributed by atoms with van der Waals surface area (Å²) in [6.07, 6.45) is 0. The molecular formula is C28H30N6O2. The number of anilines is 2. The highest BCUT2D eigenvalue weighted by atomic mass is 16.5. The van der Waals surface area contributed by atoms with Crippen LogP contribution in [0.15, 0.2) is 118 Å². The lowest BCUT2D eigenvalue weighted by Gasteiger charge is -2.02. The molecule has 4 aromatic rings. The average molecular weight is 483 g/mol. The average Bonchev–Trinajstić information content (AvgIpc) is 2.90. The Morgan fingerprint density at radius 1 is 0.444 bits per heavy atom. The first kappa shape index (κ1) is 25.9. The zero-order valence-electron chi connectivity index (χ0n) is 20.4. The fourth-order valence-electron chi connectivity index (χ4n) is 2.86. The van der Waals surface area contributed by atoms with Crippen molar-refractivity contribution in [3.8, 4) is 11.5 Å². The first-order valence-corrected chi connectivity index (χ1v) is 11.6. The molecule has 0 aromatic heterocycles. The van der Waals surface area contributed by atoms with Gasteiger partial charge in [0.2, 0.25) is 0 Å². The topological polar surface area (TPSA) is 120 Å². The summed E-state index contributed by atoms with van der Waals surface area (Å²) in [5.41, 5.74) is 15.7. The van der Waals surface area contributed by atoms with E-state index in [0.717, 1.165) is 34.2 Å². The second kappa shape index (κ2) is 13.9. The fraction of sp³-hybridized carbons (Fsp3) is 0.143. The van der Waals surface area contributed by atoms with Gasteiger partial charge in [0.1, 0.15) is 11.5 Å². The number of nitrogen functional groups attached to an aromatic ring is 2.